The van der Waals surface area contributed by atoms with E-state index in [1.807, 2.05) is 66.4 Å². The molecule has 2 aliphatic heterocycles. The fourth-order valence-corrected chi connectivity index (χ4v) is 6.33. The van der Waals surface area contributed by atoms with Crippen LogP contribution in [0.2, 0.25) is 5.02 Å². The highest BCUT2D eigenvalue weighted by molar-refractivity contribution is 7.86. The Labute approximate surface area is 262 Å². The number of halogens is 1. The van der Waals surface area contributed by atoms with Crippen LogP contribution in [0.25, 0.3) is 11.1 Å². The van der Waals surface area contributed by atoms with Crippen LogP contribution in [0.15, 0.2) is 90.1 Å². The molecule has 2 unspecified atom stereocenters. The lowest BCUT2D eigenvalue weighted by Crippen LogP contribution is -3.04. The Morgan fingerprint density at radius 3 is 2.39 bits per heavy atom. The molecule has 0 radical (unpaired) electrons. The minimum absolute atomic E-state index is 0.139. The highest BCUT2D eigenvalue weighted by Gasteiger charge is 2.36. The van der Waals surface area contributed by atoms with Crippen molar-refractivity contribution in [2.75, 3.05) is 23.7 Å². The maximum absolute atomic E-state index is 11.8. The number of anilines is 1. The Kier molecular flexibility index (Phi) is 9.40. The van der Waals surface area contributed by atoms with Gasteiger partial charge in [0.25, 0.3) is 20.2 Å². The number of ether oxygens (including phenoxy) is 2. The van der Waals surface area contributed by atoms with Gasteiger partial charge in [-0.25, -0.2) is 4.90 Å². The van der Waals surface area contributed by atoms with Crippen LogP contribution in [0.1, 0.15) is 33.1 Å². The summed E-state index contributed by atoms with van der Waals surface area (Å²) < 4.78 is 78.0. The first-order valence-corrected chi connectivity index (χ1v) is 17.7. The SMILES string of the molecule is CCC(C=C1Oc2ccc(-c3ccccc3)cc2N1CCC(C)S(=O)(=O)O)=C1Oc2ccc(Cl)cc2[NH+]1CCCS(=O)(=O)O. The van der Waals surface area contributed by atoms with Gasteiger partial charge < -0.3 is 14.4 Å². The Balaban J connectivity index is 1.55. The van der Waals surface area contributed by atoms with E-state index in [0.29, 0.717) is 41.3 Å². The van der Waals surface area contributed by atoms with E-state index in [0.717, 1.165) is 33.0 Å². The van der Waals surface area contributed by atoms with Crippen molar-refractivity contribution in [3.05, 3.63) is 95.2 Å². The molecule has 0 fully saturated rings. The molecule has 0 spiro atoms. The molecule has 0 saturated heterocycles. The van der Waals surface area contributed by atoms with Crippen molar-refractivity contribution in [3.8, 4) is 22.6 Å². The summed E-state index contributed by atoms with van der Waals surface area (Å²) >= 11 is 6.29. The fraction of sp³-hybridized carbons (Fsp3) is 0.290. The molecule has 44 heavy (non-hydrogen) atoms. The second-order valence-corrected chi connectivity index (χ2v) is 14.6. The second-order valence-electron chi connectivity index (χ2n) is 10.7. The summed E-state index contributed by atoms with van der Waals surface area (Å²) in [6, 6.07) is 20.9. The molecule has 2 heterocycles. The smallest absolute Gasteiger partial charge is 0.304 e. The molecule has 234 valence electrons. The quantitative estimate of drug-likeness (QED) is 0.236. The molecule has 0 saturated carbocycles. The average Bonchev–Trinajstić information content (AvgIpc) is 3.50. The molecule has 3 aromatic carbocycles. The summed E-state index contributed by atoms with van der Waals surface area (Å²) in [7, 11) is -8.38. The minimum atomic E-state index is -4.23. The Morgan fingerprint density at radius 2 is 1.70 bits per heavy atom. The van der Waals surface area contributed by atoms with Gasteiger partial charge >= 0.3 is 5.88 Å². The first-order chi connectivity index (χ1) is 20.8. The van der Waals surface area contributed by atoms with Gasteiger partial charge in [0, 0.05) is 30.1 Å². The summed E-state index contributed by atoms with van der Waals surface area (Å²) in [6.07, 6.45) is 2.67. The van der Waals surface area contributed by atoms with Gasteiger partial charge in [-0.15, -0.1) is 0 Å². The Bertz CT molecular complexity index is 1830. The monoisotopic (exact) mass is 661 g/mol. The predicted molar refractivity (Wildman–Crippen MR) is 169 cm³/mol. The number of allylic oxidation sites excluding steroid dienone is 2. The normalized spacial score (nSPS) is 18.9. The number of fused-ring (bicyclic) bond motifs is 2. The zero-order valence-electron chi connectivity index (χ0n) is 24.2. The van der Waals surface area contributed by atoms with Crippen LogP contribution < -0.4 is 19.3 Å². The topological polar surface area (TPSA) is 135 Å². The van der Waals surface area contributed by atoms with E-state index >= 15 is 0 Å². The van der Waals surface area contributed by atoms with Gasteiger partial charge in [0.2, 0.25) is 5.88 Å². The van der Waals surface area contributed by atoms with Crippen LogP contribution in [0.5, 0.6) is 11.5 Å². The minimum Gasteiger partial charge on any atom is -0.439 e. The van der Waals surface area contributed by atoms with Crippen LogP contribution >= 0.6 is 11.6 Å². The molecule has 5 rings (SSSR count). The number of rotatable bonds is 11. The molecule has 2 aliphatic rings. The summed E-state index contributed by atoms with van der Waals surface area (Å²) in [5.41, 5.74) is 4.22. The number of hydrogen-bond acceptors (Lipinski definition) is 7. The standard InChI is InChI=1S/C31H33ClN2O8S2/c1-3-22(31-34(15-7-17-43(35,36)37)27-20-25(32)11-13-29(27)42-31)19-30-33(16-14-21(2)44(38,39)40)26-18-24(10-12-28(26)41-30)23-8-5-4-6-9-23/h4-6,8-13,18-21H,3,7,14-17H2,1-2H3,(H,35,36,37)(H,38,39,40)/p+1. The third-order valence-electron chi connectivity index (χ3n) is 7.66. The largest absolute Gasteiger partial charge is 0.439 e. The maximum Gasteiger partial charge on any atom is 0.304 e. The lowest BCUT2D eigenvalue weighted by Gasteiger charge is -2.21. The lowest BCUT2D eigenvalue weighted by molar-refractivity contribution is -0.796. The molecule has 13 heteroatoms. The molecular weight excluding hydrogens is 628 g/mol. The van der Waals surface area contributed by atoms with Gasteiger partial charge in [-0.1, -0.05) is 54.9 Å². The number of hydrogen-bond donors (Lipinski definition) is 3. The first-order valence-electron chi connectivity index (χ1n) is 14.2. The van der Waals surface area contributed by atoms with Crippen molar-refractivity contribution in [1.82, 2.24) is 0 Å². The van der Waals surface area contributed by atoms with Crippen LogP contribution in [0.4, 0.5) is 11.4 Å². The number of nitrogens with zero attached hydrogens (tertiary/aromatic N) is 1. The van der Waals surface area contributed by atoms with E-state index < -0.39 is 31.2 Å². The molecule has 0 bridgehead atoms. The molecule has 0 amide bonds. The summed E-state index contributed by atoms with van der Waals surface area (Å²) in [6.45, 7) is 3.96. The van der Waals surface area contributed by atoms with Gasteiger partial charge in [-0.05, 0) is 55.2 Å². The molecule has 2 atom stereocenters. The lowest BCUT2D eigenvalue weighted by atomic mass is 10.0. The van der Waals surface area contributed by atoms with Crippen LogP contribution in [0, 0.1) is 0 Å². The summed E-state index contributed by atoms with van der Waals surface area (Å²) in [5.74, 6) is 1.77. The van der Waals surface area contributed by atoms with Crippen molar-refractivity contribution in [2.24, 2.45) is 0 Å². The highest BCUT2D eigenvalue weighted by atomic mass is 35.5. The third kappa shape index (κ3) is 7.28. The molecule has 0 aromatic heterocycles. The van der Waals surface area contributed by atoms with Gasteiger partial charge in [-0.3, -0.25) is 9.11 Å². The number of quaternary nitrogens is 1. The van der Waals surface area contributed by atoms with Gasteiger partial charge in [-0.2, -0.15) is 16.8 Å². The van der Waals surface area contributed by atoms with Gasteiger partial charge in [0.05, 0.1) is 28.8 Å². The van der Waals surface area contributed by atoms with E-state index in [9.17, 15) is 25.9 Å². The Morgan fingerprint density at radius 1 is 0.977 bits per heavy atom. The van der Waals surface area contributed by atoms with Crippen molar-refractivity contribution in [3.63, 3.8) is 0 Å². The summed E-state index contributed by atoms with van der Waals surface area (Å²) in [5, 5.41) is -0.491. The van der Waals surface area contributed by atoms with Crippen LogP contribution in [0.3, 0.4) is 0 Å². The van der Waals surface area contributed by atoms with E-state index in [-0.39, 0.29) is 19.4 Å². The van der Waals surface area contributed by atoms with Gasteiger partial charge in [0.15, 0.2) is 17.2 Å². The Hall–Kier alpha value is -3.39. The molecule has 10 nitrogen and oxygen atoms in total. The molecule has 0 aliphatic carbocycles. The molecule has 3 N–H and O–H groups in total. The van der Waals surface area contributed by atoms with Crippen molar-refractivity contribution >= 4 is 43.2 Å². The molecule has 3 aromatic rings. The third-order valence-corrected chi connectivity index (χ3v) is 9.95. The zero-order valence-corrected chi connectivity index (χ0v) is 26.6. The van der Waals surface area contributed by atoms with Crippen LogP contribution in [-0.2, 0) is 20.2 Å². The van der Waals surface area contributed by atoms with Crippen molar-refractivity contribution < 1.29 is 40.3 Å². The van der Waals surface area contributed by atoms with E-state index in [1.54, 1.807) is 18.2 Å². The van der Waals surface area contributed by atoms with E-state index in [1.165, 1.54) is 6.92 Å². The van der Waals surface area contributed by atoms with Crippen molar-refractivity contribution in [2.45, 2.75) is 38.4 Å². The maximum atomic E-state index is 11.8. The second kappa shape index (κ2) is 12.9. The van der Waals surface area contributed by atoms with Crippen molar-refractivity contribution in [1.29, 1.82) is 0 Å². The summed E-state index contributed by atoms with van der Waals surface area (Å²) in [4.78, 5) is 2.64. The van der Waals surface area contributed by atoms with Crippen LogP contribution in [-0.4, -0.2) is 50.0 Å². The fourth-order valence-electron chi connectivity index (χ4n) is 5.25. The first kappa shape index (κ1) is 32.0. The highest BCUT2D eigenvalue weighted by Crippen LogP contribution is 2.42. The van der Waals surface area contributed by atoms with E-state index in [2.05, 4.69) is 0 Å². The number of benzene rings is 3. The van der Waals surface area contributed by atoms with E-state index in [4.69, 9.17) is 21.1 Å². The zero-order chi connectivity index (χ0) is 31.6. The number of nitrogens with one attached hydrogen (secondary N) is 1. The average molecular weight is 662 g/mol. The predicted octanol–water partition coefficient (Wildman–Crippen LogP) is 5.22. The molecular formula is C31H34ClN2O8S2+. The van der Waals surface area contributed by atoms with Gasteiger partial charge in [0.1, 0.15) is 0 Å².